The lowest BCUT2D eigenvalue weighted by Gasteiger charge is -2.33. The molecule has 1 aromatic heterocycles. The number of hydrogen-bond acceptors (Lipinski definition) is 3. The second-order valence-corrected chi connectivity index (χ2v) is 6.76. The van der Waals surface area contributed by atoms with Gasteiger partial charge in [-0.1, -0.05) is 32.6 Å². The molecule has 4 nitrogen and oxygen atoms in total. The summed E-state index contributed by atoms with van der Waals surface area (Å²) >= 11 is 0. The van der Waals surface area contributed by atoms with Gasteiger partial charge in [0.05, 0.1) is 6.20 Å². The van der Waals surface area contributed by atoms with Crippen molar-refractivity contribution in [2.24, 2.45) is 11.8 Å². The Hall–Kier alpha value is -1.32. The minimum absolute atomic E-state index is 0.186. The predicted octanol–water partition coefficient (Wildman–Crippen LogP) is 3.60. The van der Waals surface area contributed by atoms with Gasteiger partial charge in [-0.05, 0) is 25.2 Å². The Morgan fingerprint density at radius 3 is 2.67 bits per heavy atom. The van der Waals surface area contributed by atoms with E-state index < -0.39 is 0 Å². The Morgan fingerprint density at radius 1 is 1.33 bits per heavy atom. The number of oxazole rings is 1. The Balaban J connectivity index is 1.47. The Morgan fingerprint density at radius 2 is 2.05 bits per heavy atom. The van der Waals surface area contributed by atoms with E-state index in [0.29, 0.717) is 11.8 Å². The number of amides is 1. The molecule has 2 fully saturated rings. The third-order valence-electron chi connectivity index (χ3n) is 5.19. The van der Waals surface area contributed by atoms with E-state index in [1.165, 1.54) is 25.7 Å². The highest BCUT2D eigenvalue weighted by atomic mass is 16.3. The van der Waals surface area contributed by atoms with Crippen molar-refractivity contribution in [1.29, 1.82) is 0 Å². The molecule has 0 bridgehead atoms. The van der Waals surface area contributed by atoms with E-state index in [1.54, 1.807) is 12.5 Å². The molecule has 0 N–H and O–H groups in total. The first-order valence-corrected chi connectivity index (χ1v) is 8.42. The average molecular weight is 290 g/mol. The van der Waals surface area contributed by atoms with Crippen LogP contribution in [0.4, 0.5) is 0 Å². The van der Waals surface area contributed by atoms with E-state index in [0.717, 1.165) is 44.2 Å². The van der Waals surface area contributed by atoms with E-state index >= 15 is 0 Å². The highest BCUT2D eigenvalue weighted by molar-refractivity contribution is 5.78. The summed E-state index contributed by atoms with van der Waals surface area (Å²) in [7, 11) is 0. The zero-order chi connectivity index (χ0) is 14.7. The molecule has 1 aliphatic heterocycles. The normalized spacial score (nSPS) is 22.6. The first-order valence-electron chi connectivity index (χ1n) is 8.42. The number of likely N-dealkylation sites (tertiary alicyclic amines) is 1. The molecule has 2 heterocycles. The second-order valence-electron chi connectivity index (χ2n) is 6.76. The van der Waals surface area contributed by atoms with Crippen molar-refractivity contribution in [3.05, 3.63) is 18.4 Å². The van der Waals surface area contributed by atoms with Crippen molar-refractivity contribution in [3.63, 3.8) is 0 Å². The molecule has 1 amide bonds. The largest absolute Gasteiger partial charge is 0.449 e. The van der Waals surface area contributed by atoms with E-state index in [4.69, 9.17) is 4.42 Å². The molecule has 1 aliphatic carbocycles. The van der Waals surface area contributed by atoms with Crippen molar-refractivity contribution in [2.45, 2.75) is 57.8 Å². The van der Waals surface area contributed by atoms with Crippen LogP contribution in [0.15, 0.2) is 16.9 Å². The molecule has 1 unspecified atom stereocenters. The molecule has 3 rings (SSSR count). The molecule has 2 aliphatic rings. The van der Waals surface area contributed by atoms with Gasteiger partial charge in [0.2, 0.25) is 5.91 Å². The van der Waals surface area contributed by atoms with Crippen LogP contribution in [0.2, 0.25) is 0 Å². The van der Waals surface area contributed by atoms with Gasteiger partial charge >= 0.3 is 0 Å². The number of rotatable bonds is 4. The molecule has 21 heavy (non-hydrogen) atoms. The first-order chi connectivity index (χ1) is 10.2. The molecular weight excluding hydrogens is 264 g/mol. The minimum atomic E-state index is 0.186. The number of piperidine rings is 1. The van der Waals surface area contributed by atoms with Crippen molar-refractivity contribution in [3.8, 4) is 0 Å². The van der Waals surface area contributed by atoms with Crippen LogP contribution in [0.1, 0.15) is 63.7 Å². The molecule has 116 valence electrons. The molecule has 1 aromatic rings. The van der Waals surface area contributed by atoms with Gasteiger partial charge in [0, 0.05) is 24.9 Å². The number of aromatic nitrogens is 1. The van der Waals surface area contributed by atoms with Crippen molar-refractivity contribution >= 4 is 5.91 Å². The van der Waals surface area contributed by atoms with Gasteiger partial charge in [0.15, 0.2) is 5.89 Å². The molecule has 1 saturated carbocycles. The molecule has 0 spiro atoms. The lowest BCUT2D eigenvalue weighted by atomic mass is 9.91. The number of carbonyl (C=O) groups is 1. The van der Waals surface area contributed by atoms with E-state index in [2.05, 4.69) is 16.8 Å². The fraction of sp³-hybridized carbons (Fsp3) is 0.765. The zero-order valence-electron chi connectivity index (χ0n) is 13.0. The van der Waals surface area contributed by atoms with Crippen LogP contribution in [-0.2, 0) is 4.79 Å². The number of carbonyl (C=O) groups excluding carboxylic acids is 1. The van der Waals surface area contributed by atoms with Crippen LogP contribution in [0.5, 0.6) is 0 Å². The molecular formula is C17H26N2O2. The lowest BCUT2D eigenvalue weighted by molar-refractivity contribution is -0.136. The van der Waals surface area contributed by atoms with Crippen LogP contribution in [-0.4, -0.2) is 28.9 Å². The van der Waals surface area contributed by atoms with Crippen LogP contribution in [0, 0.1) is 11.8 Å². The molecule has 1 atom stereocenters. The van der Waals surface area contributed by atoms with Crippen molar-refractivity contribution < 1.29 is 9.21 Å². The summed E-state index contributed by atoms with van der Waals surface area (Å²) in [6.45, 7) is 3.81. The average Bonchev–Trinajstić information content (AvgIpc) is 3.20. The maximum absolute atomic E-state index is 12.6. The second kappa shape index (κ2) is 6.63. The highest BCUT2D eigenvalue weighted by Crippen LogP contribution is 2.32. The fourth-order valence-electron chi connectivity index (χ4n) is 3.94. The quantitative estimate of drug-likeness (QED) is 0.851. The summed E-state index contributed by atoms with van der Waals surface area (Å²) in [5.74, 6) is 2.54. The summed E-state index contributed by atoms with van der Waals surface area (Å²) in [6, 6.07) is 0. The van der Waals surface area contributed by atoms with Gasteiger partial charge in [-0.25, -0.2) is 4.98 Å². The SMILES string of the molecule is CC(CC1CCCC1)C(=O)N1CCC(c2ncco2)CC1. The first kappa shape index (κ1) is 14.6. The van der Waals surface area contributed by atoms with E-state index in [1.807, 2.05) is 0 Å². The van der Waals surface area contributed by atoms with E-state index in [9.17, 15) is 4.79 Å². The Kier molecular flexibility index (Phi) is 4.61. The van der Waals surface area contributed by atoms with Gasteiger partial charge in [0.1, 0.15) is 6.26 Å². The molecule has 0 radical (unpaired) electrons. The number of hydrogen-bond donors (Lipinski definition) is 0. The topological polar surface area (TPSA) is 46.3 Å². The molecule has 0 aromatic carbocycles. The zero-order valence-corrected chi connectivity index (χ0v) is 13.0. The predicted molar refractivity (Wildman–Crippen MR) is 80.8 cm³/mol. The van der Waals surface area contributed by atoms with Gasteiger partial charge < -0.3 is 9.32 Å². The standard InChI is InChI=1S/C17H26N2O2/c1-13(12-14-4-2-3-5-14)17(20)19-9-6-15(7-10-19)16-18-8-11-21-16/h8,11,13-15H,2-7,9-10,12H2,1H3. The smallest absolute Gasteiger partial charge is 0.225 e. The summed E-state index contributed by atoms with van der Waals surface area (Å²) in [4.78, 5) is 18.9. The van der Waals surface area contributed by atoms with Gasteiger partial charge in [-0.2, -0.15) is 0 Å². The van der Waals surface area contributed by atoms with Gasteiger partial charge in [-0.15, -0.1) is 0 Å². The maximum Gasteiger partial charge on any atom is 0.225 e. The summed E-state index contributed by atoms with van der Waals surface area (Å²) in [5, 5.41) is 0. The highest BCUT2D eigenvalue weighted by Gasteiger charge is 2.29. The molecule has 4 heteroatoms. The third kappa shape index (κ3) is 3.47. The van der Waals surface area contributed by atoms with Crippen LogP contribution >= 0.6 is 0 Å². The number of nitrogens with zero attached hydrogens (tertiary/aromatic N) is 2. The van der Waals surface area contributed by atoms with E-state index in [-0.39, 0.29) is 5.92 Å². The summed E-state index contributed by atoms with van der Waals surface area (Å²) in [5.41, 5.74) is 0. The van der Waals surface area contributed by atoms with Gasteiger partial charge in [0.25, 0.3) is 0 Å². The maximum atomic E-state index is 12.6. The summed E-state index contributed by atoms with van der Waals surface area (Å²) in [6.07, 6.45) is 11.7. The van der Waals surface area contributed by atoms with Gasteiger partial charge in [-0.3, -0.25) is 4.79 Å². The third-order valence-corrected chi connectivity index (χ3v) is 5.19. The fourth-order valence-corrected chi connectivity index (χ4v) is 3.94. The van der Waals surface area contributed by atoms with Crippen molar-refractivity contribution in [2.75, 3.05) is 13.1 Å². The van der Waals surface area contributed by atoms with Crippen molar-refractivity contribution in [1.82, 2.24) is 9.88 Å². The van der Waals surface area contributed by atoms with Crippen LogP contribution in [0.25, 0.3) is 0 Å². The lowest BCUT2D eigenvalue weighted by Crippen LogP contribution is -2.41. The van der Waals surface area contributed by atoms with Crippen LogP contribution < -0.4 is 0 Å². The Labute approximate surface area is 126 Å². The summed E-state index contributed by atoms with van der Waals surface area (Å²) < 4.78 is 5.39. The van der Waals surface area contributed by atoms with Crippen LogP contribution in [0.3, 0.4) is 0 Å². The monoisotopic (exact) mass is 290 g/mol. The Bertz CT molecular complexity index is 443. The molecule has 1 saturated heterocycles. The minimum Gasteiger partial charge on any atom is -0.449 e.